The van der Waals surface area contributed by atoms with Gasteiger partial charge in [0, 0.05) is 23.5 Å². The molecule has 0 aliphatic heterocycles. The molecule has 0 atom stereocenters. The number of ether oxygens (including phenoxy) is 1. The van der Waals surface area contributed by atoms with Gasteiger partial charge in [-0.15, -0.1) is 5.10 Å². The highest BCUT2D eigenvalue weighted by Gasteiger charge is 2.32. The van der Waals surface area contributed by atoms with Crippen LogP contribution in [0.5, 0.6) is 0 Å². The standard InChI is InChI=1S/C25H25N9O3/c26-9-15-5-17-1-2-24(34(17)29-10-15)22-8-21(30-16-3-14(4-16)13-37-25(27)36)20(11-28-22)23-12-33(32-31-23)18-6-19(35)7-18/h1-2,5,8,10-12,14,16,18-19,35H,3-4,6-7,13H2,(H2,27,36)(H,28,30). The summed E-state index contributed by atoms with van der Waals surface area (Å²) in [6.07, 6.45) is 7.17. The first-order chi connectivity index (χ1) is 18.0. The van der Waals surface area contributed by atoms with Gasteiger partial charge in [-0.3, -0.25) is 4.98 Å². The lowest BCUT2D eigenvalue weighted by atomic mass is 9.80. The first-order valence-corrected chi connectivity index (χ1v) is 12.1. The number of nitrogens with zero attached hydrogens (tertiary/aromatic N) is 7. The van der Waals surface area contributed by atoms with E-state index >= 15 is 0 Å². The number of anilines is 1. The molecule has 4 aromatic heterocycles. The van der Waals surface area contributed by atoms with E-state index in [2.05, 4.69) is 26.8 Å². The molecule has 0 saturated heterocycles. The van der Waals surface area contributed by atoms with Crippen LogP contribution < -0.4 is 11.1 Å². The highest BCUT2D eigenvalue weighted by Crippen LogP contribution is 2.37. The SMILES string of the molecule is N#Cc1cnn2c(-c3cc(NC4CC(COC(N)=O)C4)c(-c4cn(C5CC(O)C5)nn4)cn3)ccc2c1. The van der Waals surface area contributed by atoms with Crippen LogP contribution in [0.3, 0.4) is 0 Å². The Kier molecular flexibility index (Phi) is 5.69. The maximum absolute atomic E-state index is 10.9. The fourth-order valence-corrected chi connectivity index (χ4v) is 4.94. The van der Waals surface area contributed by atoms with Crippen molar-refractivity contribution >= 4 is 17.3 Å². The third kappa shape index (κ3) is 4.45. The van der Waals surface area contributed by atoms with Crippen molar-refractivity contribution in [3.05, 3.63) is 48.4 Å². The fraction of sp³-hybridized carbons (Fsp3) is 0.360. The summed E-state index contributed by atoms with van der Waals surface area (Å²) in [5.41, 5.74) is 10.2. The van der Waals surface area contributed by atoms with Gasteiger partial charge < -0.3 is 20.9 Å². The highest BCUT2D eigenvalue weighted by molar-refractivity contribution is 5.79. The molecule has 0 radical (unpaired) electrons. The normalized spacial score (nSPS) is 22.6. The molecule has 6 rings (SSSR count). The van der Waals surface area contributed by atoms with Gasteiger partial charge in [0.2, 0.25) is 0 Å². The van der Waals surface area contributed by atoms with Crippen molar-refractivity contribution in [3.63, 3.8) is 0 Å². The first-order valence-electron chi connectivity index (χ1n) is 12.1. The van der Waals surface area contributed by atoms with Crippen LogP contribution in [-0.2, 0) is 4.74 Å². The molecule has 2 aliphatic carbocycles. The van der Waals surface area contributed by atoms with Gasteiger partial charge >= 0.3 is 6.09 Å². The summed E-state index contributed by atoms with van der Waals surface area (Å²) in [6.45, 7) is 0.316. The van der Waals surface area contributed by atoms with Crippen LogP contribution in [0.25, 0.3) is 28.2 Å². The number of aliphatic hydroxyl groups is 1. The van der Waals surface area contributed by atoms with E-state index < -0.39 is 6.09 Å². The summed E-state index contributed by atoms with van der Waals surface area (Å²) < 4.78 is 8.50. The molecule has 0 bridgehead atoms. The molecule has 0 aromatic carbocycles. The van der Waals surface area contributed by atoms with E-state index in [0.717, 1.165) is 35.3 Å². The average Bonchev–Trinajstić information content (AvgIpc) is 3.50. The van der Waals surface area contributed by atoms with E-state index in [-0.39, 0.29) is 24.1 Å². The van der Waals surface area contributed by atoms with Crippen LogP contribution in [0.4, 0.5) is 10.5 Å². The third-order valence-electron chi connectivity index (χ3n) is 7.10. The number of aliphatic hydroxyl groups excluding tert-OH is 1. The van der Waals surface area contributed by atoms with E-state index in [1.54, 1.807) is 21.5 Å². The predicted octanol–water partition coefficient (Wildman–Crippen LogP) is 2.51. The molecule has 37 heavy (non-hydrogen) atoms. The summed E-state index contributed by atoms with van der Waals surface area (Å²) in [7, 11) is 0. The van der Waals surface area contributed by atoms with Gasteiger partial charge in [-0.2, -0.15) is 10.4 Å². The fourth-order valence-electron chi connectivity index (χ4n) is 4.94. The number of nitrogens with one attached hydrogen (secondary N) is 1. The van der Waals surface area contributed by atoms with Crippen LogP contribution in [0.1, 0.15) is 37.3 Å². The van der Waals surface area contributed by atoms with Crippen LogP contribution in [-0.4, -0.2) is 59.5 Å². The minimum atomic E-state index is -0.755. The molecule has 12 heteroatoms. The monoisotopic (exact) mass is 499 g/mol. The molecule has 0 spiro atoms. The number of hydrogen-bond donors (Lipinski definition) is 3. The topological polar surface area (TPSA) is 169 Å². The number of primary amides is 1. The Hall–Kier alpha value is -4.50. The summed E-state index contributed by atoms with van der Waals surface area (Å²) in [5, 5.41) is 35.5. The number of carbonyl (C=O) groups excluding carboxylic acids is 1. The summed E-state index contributed by atoms with van der Waals surface area (Å²) >= 11 is 0. The van der Waals surface area contributed by atoms with Gasteiger partial charge in [0.1, 0.15) is 11.8 Å². The maximum atomic E-state index is 10.9. The largest absolute Gasteiger partial charge is 0.449 e. The van der Waals surface area contributed by atoms with Crippen LogP contribution in [0.15, 0.2) is 42.9 Å². The van der Waals surface area contributed by atoms with Crippen molar-refractivity contribution in [2.45, 2.75) is 43.9 Å². The Morgan fingerprint density at radius 3 is 2.81 bits per heavy atom. The van der Waals surface area contributed by atoms with E-state index in [1.165, 1.54) is 6.20 Å². The van der Waals surface area contributed by atoms with Crippen LogP contribution >= 0.6 is 0 Å². The molecule has 1 amide bonds. The Labute approximate surface area is 211 Å². The Morgan fingerprint density at radius 2 is 2.05 bits per heavy atom. The quantitative estimate of drug-likeness (QED) is 0.346. The second-order valence-corrected chi connectivity index (χ2v) is 9.70. The predicted molar refractivity (Wildman–Crippen MR) is 132 cm³/mol. The molecule has 2 fully saturated rings. The first kappa shape index (κ1) is 22.9. The van der Waals surface area contributed by atoms with Gasteiger partial charge in [0.25, 0.3) is 0 Å². The van der Waals surface area contributed by atoms with Crippen molar-refractivity contribution in [2.75, 3.05) is 11.9 Å². The smallest absolute Gasteiger partial charge is 0.404 e. The minimum Gasteiger partial charge on any atom is -0.449 e. The second kappa shape index (κ2) is 9.18. The van der Waals surface area contributed by atoms with Gasteiger partial charge in [-0.05, 0) is 55.9 Å². The minimum absolute atomic E-state index is 0.147. The summed E-state index contributed by atoms with van der Waals surface area (Å²) in [4.78, 5) is 15.6. The molecule has 4 heterocycles. The third-order valence-corrected chi connectivity index (χ3v) is 7.10. The van der Waals surface area contributed by atoms with Gasteiger partial charge in [-0.25, -0.2) is 14.0 Å². The van der Waals surface area contributed by atoms with E-state index in [0.29, 0.717) is 36.4 Å². The molecule has 4 aromatic rings. The number of amides is 1. The molecule has 12 nitrogen and oxygen atoms in total. The molecule has 2 saturated carbocycles. The molecule has 188 valence electrons. The second-order valence-electron chi connectivity index (χ2n) is 9.70. The molecule has 0 unspecified atom stereocenters. The van der Waals surface area contributed by atoms with E-state index in [9.17, 15) is 15.2 Å². The van der Waals surface area contributed by atoms with Crippen LogP contribution in [0.2, 0.25) is 0 Å². The molecular formula is C25H25N9O3. The molecule has 4 N–H and O–H groups in total. The number of rotatable bonds is 7. The highest BCUT2D eigenvalue weighted by atomic mass is 16.5. The number of fused-ring (bicyclic) bond motifs is 1. The van der Waals surface area contributed by atoms with E-state index in [4.69, 9.17) is 15.5 Å². The van der Waals surface area contributed by atoms with Crippen molar-refractivity contribution < 1.29 is 14.6 Å². The Bertz CT molecular complexity index is 1510. The average molecular weight is 500 g/mol. The number of nitrogens with two attached hydrogens (primary N) is 1. The number of pyridine rings is 1. The number of nitriles is 1. The zero-order valence-corrected chi connectivity index (χ0v) is 19.9. The zero-order valence-electron chi connectivity index (χ0n) is 19.9. The Balaban J connectivity index is 1.30. The number of aromatic nitrogens is 6. The van der Waals surface area contributed by atoms with Crippen LogP contribution in [0, 0.1) is 17.2 Å². The van der Waals surface area contributed by atoms with Gasteiger partial charge in [0.15, 0.2) is 0 Å². The van der Waals surface area contributed by atoms with Crippen molar-refractivity contribution in [1.29, 1.82) is 5.26 Å². The van der Waals surface area contributed by atoms with Gasteiger partial charge in [0.05, 0.1) is 53.6 Å². The molecular weight excluding hydrogens is 474 g/mol. The zero-order chi connectivity index (χ0) is 25.5. The Morgan fingerprint density at radius 1 is 1.22 bits per heavy atom. The maximum Gasteiger partial charge on any atom is 0.404 e. The molecule has 2 aliphatic rings. The van der Waals surface area contributed by atoms with Crippen molar-refractivity contribution in [2.24, 2.45) is 11.7 Å². The number of hydrogen-bond acceptors (Lipinski definition) is 9. The summed E-state index contributed by atoms with van der Waals surface area (Å²) in [5.74, 6) is 0.258. The van der Waals surface area contributed by atoms with Crippen molar-refractivity contribution in [1.82, 2.24) is 29.6 Å². The lowest BCUT2D eigenvalue weighted by Gasteiger charge is -2.36. The van der Waals surface area contributed by atoms with Crippen molar-refractivity contribution in [3.8, 4) is 28.7 Å². The van der Waals surface area contributed by atoms with Gasteiger partial charge in [-0.1, -0.05) is 5.21 Å². The lowest BCUT2D eigenvalue weighted by molar-refractivity contribution is 0.0426. The number of carbonyl (C=O) groups is 1. The summed E-state index contributed by atoms with van der Waals surface area (Å²) in [6, 6.07) is 10.0. The van der Waals surface area contributed by atoms with E-state index in [1.807, 2.05) is 24.4 Å². The lowest BCUT2D eigenvalue weighted by Crippen LogP contribution is -2.38.